The smallest absolute Gasteiger partial charge is 0.322 e. The highest BCUT2D eigenvalue weighted by molar-refractivity contribution is 8.00. The molecule has 14 amide bonds. The van der Waals surface area contributed by atoms with Gasteiger partial charge < -0.3 is 102 Å². The number of benzene rings is 2. The summed E-state index contributed by atoms with van der Waals surface area (Å²) in [4.78, 5) is 187. The van der Waals surface area contributed by atoms with Crippen molar-refractivity contribution in [3.05, 3.63) is 65.7 Å². The first-order valence-electron chi connectivity index (χ1n) is 35.9. The van der Waals surface area contributed by atoms with Crippen molar-refractivity contribution in [3.8, 4) is 5.75 Å². The number of carboxylic acids is 1. The molecular weight excluding hydrogens is 1400 g/mol. The number of likely N-dealkylation sites (tertiary alicyclic amines) is 1. The van der Waals surface area contributed by atoms with E-state index in [2.05, 4.69) is 79.8 Å². The molecule has 2 aromatic carbocycles. The summed E-state index contributed by atoms with van der Waals surface area (Å²) >= 11 is 0.945. The number of hydrogen-bond donors (Lipinski definition) is 22. The fourth-order valence-corrected chi connectivity index (χ4v) is 12.9. The SMILES string of the molecule is CCN[C@]1(NC(=O)CCCC(=O)N[C@@H](Cc2ccc(O)cc2)C(=O)NCCCCCC(=O)N[C@@H](CSC2CC(=O)N(CCC(=O)NCCCCC3NC(=O)[C@@H](Cc4ccccc4)NC(=O)[C@@H](CC(=O)O)NC(=O)NC(=O)[C@H](CCCNC(=N)N)NC3=O)C2=O)C(N)=O)CNCCNC[C@H](N)CNCCNC1. The van der Waals surface area contributed by atoms with Crippen molar-refractivity contribution < 1.29 is 77.3 Å². The van der Waals surface area contributed by atoms with Gasteiger partial charge in [0.2, 0.25) is 65.0 Å². The quantitative estimate of drug-likeness (QED) is 0.00981. The zero-order valence-electron chi connectivity index (χ0n) is 59.9. The summed E-state index contributed by atoms with van der Waals surface area (Å²) in [6, 6.07) is 5.21. The number of carbonyl (C=O) groups is 14. The monoisotopic (exact) mass is 1510 g/mol. The number of thioether (sulfide) groups is 1. The average Bonchev–Trinajstić information content (AvgIpc) is 1.59. The van der Waals surface area contributed by atoms with E-state index >= 15 is 0 Å². The number of phenols is 1. The molecule has 106 heavy (non-hydrogen) atoms. The summed E-state index contributed by atoms with van der Waals surface area (Å²) in [5.74, 6) is -10.1. The number of nitrogens with two attached hydrogens (primary N) is 3. The first kappa shape index (κ1) is 87.0. The normalized spacial score (nSPS) is 21.5. The van der Waals surface area contributed by atoms with Gasteiger partial charge in [0.25, 0.3) is 5.91 Å². The van der Waals surface area contributed by atoms with E-state index in [0.29, 0.717) is 89.3 Å². The van der Waals surface area contributed by atoms with Gasteiger partial charge in [-0.15, -0.1) is 11.8 Å². The third kappa shape index (κ3) is 33.2. The fourth-order valence-electron chi connectivity index (χ4n) is 11.7. The second-order valence-corrected chi connectivity index (χ2v) is 27.4. The Labute approximate surface area is 619 Å². The second kappa shape index (κ2) is 47.1. The molecule has 0 saturated carbocycles. The molecule has 2 unspecified atom stereocenters. The molecule has 2 aromatic rings. The topological polar surface area (TPSA) is 577 Å². The van der Waals surface area contributed by atoms with Gasteiger partial charge in [0.05, 0.1) is 11.7 Å². The van der Waals surface area contributed by atoms with Crippen LogP contribution in [0.15, 0.2) is 54.6 Å². The first-order valence-corrected chi connectivity index (χ1v) is 36.9. The van der Waals surface area contributed by atoms with Crippen LogP contribution in [0.4, 0.5) is 4.79 Å². The highest BCUT2D eigenvalue weighted by Gasteiger charge is 2.40. The third-order valence-corrected chi connectivity index (χ3v) is 18.6. The van der Waals surface area contributed by atoms with Crippen LogP contribution in [0.25, 0.3) is 0 Å². The number of guanidine groups is 1. The fraction of sp³-hybridized carbons (Fsp3) is 0.603. The van der Waals surface area contributed by atoms with E-state index in [1.165, 1.54) is 12.1 Å². The molecule has 3 fully saturated rings. The van der Waals surface area contributed by atoms with E-state index in [9.17, 15) is 77.3 Å². The molecule has 25 N–H and O–H groups in total. The van der Waals surface area contributed by atoms with Crippen LogP contribution in [-0.2, 0) is 75.2 Å². The van der Waals surface area contributed by atoms with Crippen LogP contribution < -0.4 is 102 Å². The number of carbonyl (C=O) groups excluding carboxylic acids is 13. The minimum Gasteiger partial charge on any atom is -0.508 e. The molecule has 3 aliphatic heterocycles. The summed E-state index contributed by atoms with van der Waals surface area (Å²) in [5, 5.41) is 71.3. The van der Waals surface area contributed by atoms with Crippen molar-refractivity contribution in [2.75, 3.05) is 90.8 Å². The standard InChI is InChI=1S/C68H107N21O16S/c1-2-80-68(40-75-30-28-73-37-44(69)38-74-29-31-76-41-68)88-56(94)19-11-18-55(93)81-48(34-43-20-22-45(90)23-21-43)60(99)78-26-9-4-7-17-54(92)82-51(59(70)98)39-106-52-36-57(95)89(65(52)104)32-24-53(91)77-25-10-8-15-46-61(100)83-47(16-12-27-79-66(71)72)62(101)87-67(105)86-50(35-58(96)97)64(103)85-49(63(102)84-46)33-42-13-5-3-6-14-42/h3,5-6,13-14,20-23,44,46-52,73-76,80,90H,2,4,7-12,15-19,24-41,69H2,1H3,(H2,70,98)(H,77,91)(H,78,99)(H,81,93)(H,82,92)(H,83,100)(H,84,102)(H,85,103)(H,88,94)(H,96,97)(H4,71,72,79)(H2,86,87,101,105)/t44-,46?,47-,48-,49+,50+,51-,52?,68-/m0/s1. The Morgan fingerprint density at radius 1 is 0.623 bits per heavy atom. The van der Waals surface area contributed by atoms with Crippen LogP contribution in [0.5, 0.6) is 5.75 Å². The van der Waals surface area contributed by atoms with Gasteiger partial charge in [0.15, 0.2) is 5.96 Å². The van der Waals surface area contributed by atoms with Crippen LogP contribution in [0.3, 0.4) is 0 Å². The van der Waals surface area contributed by atoms with Crippen molar-refractivity contribution in [2.24, 2.45) is 17.2 Å². The molecule has 586 valence electrons. The molecule has 0 aliphatic carbocycles. The number of primary amides is 1. The van der Waals surface area contributed by atoms with E-state index < -0.39 is 131 Å². The average molecular weight is 1510 g/mol. The number of urea groups is 1. The minimum atomic E-state index is -1.75. The summed E-state index contributed by atoms with van der Waals surface area (Å²) in [5.41, 5.74) is 17.6. The van der Waals surface area contributed by atoms with E-state index in [1.807, 2.05) is 12.2 Å². The van der Waals surface area contributed by atoms with Crippen LogP contribution in [0, 0.1) is 5.41 Å². The Morgan fingerprint density at radius 2 is 1.20 bits per heavy atom. The largest absolute Gasteiger partial charge is 0.508 e. The summed E-state index contributed by atoms with van der Waals surface area (Å²) in [6.45, 7) is 7.40. The number of rotatable bonds is 38. The van der Waals surface area contributed by atoms with Gasteiger partial charge >= 0.3 is 12.0 Å². The van der Waals surface area contributed by atoms with Crippen molar-refractivity contribution in [3.63, 3.8) is 0 Å². The Hall–Kier alpha value is -9.60. The summed E-state index contributed by atoms with van der Waals surface area (Å²) in [7, 11) is 0. The molecule has 3 saturated heterocycles. The molecule has 3 aliphatic rings. The molecule has 5 rings (SSSR count). The number of likely N-dealkylation sites (N-methyl/N-ethyl adjacent to an activating group) is 1. The van der Waals surface area contributed by atoms with Crippen LogP contribution in [0.2, 0.25) is 0 Å². The highest BCUT2D eigenvalue weighted by Crippen LogP contribution is 2.26. The first-order chi connectivity index (χ1) is 50.7. The molecule has 37 nitrogen and oxygen atoms in total. The Bertz CT molecular complexity index is 3270. The number of imide groups is 2. The van der Waals surface area contributed by atoms with Crippen molar-refractivity contribution in [1.29, 1.82) is 5.41 Å². The molecule has 0 radical (unpaired) electrons. The van der Waals surface area contributed by atoms with E-state index in [-0.39, 0.29) is 139 Å². The number of carboxylic acid groups (broad SMARTS) is 1. The van der Waals surface area contributed by atoms with Crippen LogP contribution in [-0.4, -0.2) is 248 Å². The molecule has 0 bridgehead atoms. The number of nitrogens with one attached hydrogen (secondary N) is 17. The third-order valence-electron chi connectivity index (χ3n) is 17.3. The zero-order valence-corrected chi connectivity index (χ0v) is 60.7. The van der Waals surface area contributed by atoms with Gasteiger partial charge in [-0.05, 0) is 81.2 Å². The Balaban J connectivity index is 1.04. The molecule has 0 aromatic heterocycles. The summed E-state index contributed by atoms with van der Waals surface area (Å²) < 4.78 is 0. The predicted molar refractivity (Wildman–Crippen MR) is 391 cm³/mol. The van der Waals surface area contributed by atoms with Gasteiger partial charge in [-0.2, -0.15) is 0 Å². The van der Waals surface area contributed by atoms with Gasteiger partial charge in [-0.1, -0.05) is 55.8 Å². The lowest BCUT2D eigenvalue weighted by atomic mass is 10.0. The minimum absolute atomic E-state index is 0.0166. The van der Waals surface area contributed by atoms with Gasteiger partial charge in [-0.3, -0.25) is 83.3 Å². The van der Waals surface area contributed by atoms with Crippen LogP contribution in [0.1, 0.15) is 114 Å². The molecule has 7 atom stereocenters. The molecular formula is C68H107N21O16S. The zero-order chi connectivity index (χ0) is 77.4. The lowest BCUT2D eigenvalue weighted by molar-refractivity contribution is -0.140. The number of amides is 14. The number of nitrogens with zero attached hydrogens (tertiary/aromatic N) is 1. The number of aromatic hydroxyl groups is 1. The van der Waals surface area contributed by atoms with Crippen LogP contribution >= 0.6 is 11.8 Å². The molecule has 3 heterocycles. The molecule has 38 heteroatoms. The number of aliphatic carboxylic acids is 1. The Kier molecular flexibility index (Phi) is 38.6. The maximum absolute atomic E-state index is 14.1. The predicted octanol–water partition coefficient (Wildman–Crippen LogP) is -5.46. The summed E-state index contributed by atoms with van der Waals surface area (Å²) in [6.07, 6.45) is 0.287. The van der Waals surface area contributed by atoms with Gasteiger partial charge in [0, 0.05) is 135 Å². The number of hydrogen-bond acceptors (Lipinski definition) is 23. The maximum atomic E-state index is 14.1. The van der Waals surface area contributed by atoms with Gasteiger partial charge in [-0.25, -0.2) is 4.79 Å². The van der Waals surface area contributed by atoms with Gasteiger partial charge in [0.1, 0.15) is 47.7 Å². The highest BCUT2D eigenvalue weighted by atomic mass is 32.2. The maximum Gasteiger partial charge on any atom is 0.322 e. The van der Waals surface area contributed by atoms with E-state index in [0.717, 1.165) is 16.7 Å². The Morgan fingerprint density at radius 3 is 1.85 bits per heavy atom. The number of unbranched alkanes of at least 4 members (excludes halogenated alkanes) is 3. The lowest BCUT2D eigenvalue weighted by Crippen LogP contribution is -2.69. The van der Waals surface area contributed by atoms with E-state index in [4.69, 9.17) is 22.6 Å². The van der Waals surface area contributed by atoms with Crippen molar-refractivity contribution in [2.45, 2.75) is 169 Å². The second-order valence-electron chi connectivity index (χ2n) is 26.1. The number of phenolic OH excluding ortho intramolecular Hbond substituents is 1. The van der Waals surface area contributed by atoms with Crippen molar-refractivity contribution in [1.82, 2.24) is 90.0 Å². The van der Waals surface area contributed by atoms with Crippen molar-refractivity contribution >= 4 is 101 Å². The molecule has 0 spiro atoms. The lowest BCUT2D eigenvalue weighted by Gasteiger charge is -2.36. The van der Waals surface area contributed by atoms with E-state index in [1.54, 1.807) is 42.5 Å².